The Kier molecular flexibility index (Phi) is 5.88. The summed E-state index contributed by atoms with van der Waals surface area (Å²) in [4.78, 5) is 20.2. The first-order valence-corrected chi connectivity index (χ1v) is 5.97. The largest absolute Gasteiger partial charge is 0.605 e. The van der Waals surface area contributed by atoms with Crippen molar-refractivity contribution in [3.8, 4) is 0 Å². The van der Waals surface area contributed by atoms with E-state index in [0.717, 1.165) is 10.8 Å². The van der Waals surface area contributed by atoms with E-state index in [9.17, 15) is 14.1 Å². The van der Waals surface area contributed by atoms with Crippen LogP contribution in [0.4, 0.5) is 0 Å². The number of nitrogens with two attached hydrogens (primary N) is 1. The Labute approximate surface area is 81.1 Å². The van der Waals surface area contributed by atoms with Crippen LogP contribution in [0.25, 0.3) is 0 Å². The molecule has 0 heterocycles. The zero-order valence-corrected chi connectivity index (χ0v) is 8.14. The third-order valence-corrected chi connectivity index (χ3v) is 3.73. The molecule has 0 aliphatic heterocycles. The van der Waals surface area contributed by atoms with E-state index in [-0.39, 0.29) is 5.75 Å². The van der Waals surface area contributed by atoms with E-state index in [0.29, 0.717) is 0 Å². The Morgan fingerprint density at radius 1 is 1.54 bits per heavy atom. The molecule has 2 atom stereocenters. The van der Waals surface area contributed by atoms with Crippen LogP contribution >= 0.6 is 10.8 Å². The lowest BCUT2D eigenvalue weighted by Crippen LogP contribution is -2.33. The summed E-state index contributed by atoms with van der Waals surface area (Å²) >= 11 is 0. The number of rotatable bonds is 6. The maximum absolute atomic E-state index is 10.8. The van der Waals surface area contributed by atoms with Crippen molar-refractivity contribution in [1.82, 2.24) is 0 Å². The summed E-state index contributed by atoms with van der Waals surface area (Å²) in [5, 5.41) is 16.5. The molecule has 13 heavy (non-hydrogen) atoms. The molecule has 0 aliphatic carbocycles. The first-order chi connectivity index (χ1) is 5.93. The Morgan fingerprint density at radius 3 is 2.46 bits per heavy atom. The second kappa shape index (κ2) is 6.08. The Morgan fingerprint density at radius 2 is 2.08 bits per heavy atom. The summed E-state index contributed by atoms with van der Waals surface area (Å²) in [5.74, 6) is -2.94. The molecule has 1 unspecified atom stereocenters. The van der Waals surface area contributed by atoms with Gasteiger partial charge in [-0.1, -0.05) is 0 Å². The lowest BCUT2D eigenvalue weighted by atomic mass is 10.4. The minimum Gasteiger partial charge on any atom is -0.605 e. The van der Waals surface area contributed by atoms with Gasteiger partial charge in [0.2, 0.25) is 5.75 Å². The van der Waals surface area contributed by atoms with Gasteiger partial charge >= 0.3 is 11.9 Å². The van der Waals surface area contributed by atoms with Crippen LogP contribution in [0.5, 0.6) is 0 Å². The number of hydrogen-bond acceptors (Lipinski definition) is 5. The summed E-state index contributed by atoms with van der Waals surface area (Å²) in [5.41, 5.74) is 5.09. The van der Waals surface area contributed by atoms with Gasteiger partial charge in [0.15, 0.2) is 0 Å². The van der Waals surface area contributed by atoms with Gasteiger partial charge < -0.3 is 20.5 Å². The normalized spacial score (nSPS) is 14.9. The van der Waals surface area contributed by atoms with E-state index in [1.807, 2.05) is 0 Å². The molecule has 0 saturated carbocycles. The number of carboxylic acids is 2. The highest BCUT2D eigenvalue weighted by Crippen LogP contribution is 2.13. The highest BCUT2D eigenvalue weighted by molar-refractivity contribution is 8.72. The van der Waals surface area contributed by atoms with Gasteiger partial charge in [-0.2, -0.15) is 0 Å². The van der Waals surface area contributed by atoms with Crippen LogP contribution in [0, 0.1) is 0 Å². The van der Waals surface area contributed by atoms with Gasteiger partial charge in [0, 0.05) is 10.2 Å². The molecule has 4 N–H and O–H groups in total. The highest BCUT2D eigenvalue weighted by atomic mass is 33.1. The lowest BCUT2D eigenvalue weighted by molar-refractivity contribution is -0.138. The van der Waals surface area contributed by atoms with E-state index in [1.54, 1.807) is 0 Å². The first kappa shape index (κ1) is 12.6. The third kappa shape index (κ3) is 6.70. The molecular formula is C5H9NO5S2. The van der Waals surface area contributed by atoms with Gasteiger partial charge in [0.25, 0.3) is 0 Å². The summed E-state index contributed by atoms with van der Waals surface area (Å²) in [6.07, 6.45) is 0. The van der Waals surface area contributed by atoms with Crippen molar-refractivity contribution in [2.24, 2.45) is 5.73 Å². The molecule has 0 aromatic heterocycles. The fraction of sp³-hybridized carbons (Fsp3) is 0.600. The molecule has 6 nitrogen and oxygen atoms in total. The molecule has 0 rings (SSSR count). The molecule has 0 radical (unpaired) electrons. The average molecular weight is 227 g/mol. The Bertz CT molecular complexity index is 199. The standard InChI is InChI=1S/C5H9NO5S2/c6-3(5(9)10)1-12-13(11)2-4(7)8/h3H,1-2,6H2,(H,7,8)(H,9,10)/t3-,13?/m0/s1. The molecule has 0 aliphatic rings. The molecule has 0 bridgehead atoms. The zero-order valence-electron chi connectivity index (χ0n) is 6.50. The van der Waals surface area contributed by atoms with Gasteiger partial charge in [0.05, 0.1) is 16.5 Å². The van der Waals surface area contributed by atoms with Crippen molar-refractivity contribution in [2.75, 3.05) is 11.5 Å². The van der Waals surface area contributed by atoms with Crippen LogP contribution in [0.1, 0.15) is 0 Å². The zero-order chi connectivity index (χ0) is 10.4. The maximum Gasteiger partial charge on any atom is 0.355 e. The van der Waals surface area contributed by atoms with E-state index >= 15 is 0 Å². The molecule has 8 heteroatoms. The summed E-state index contributed by atoms with van der Waals surface area (Å²) in [6.45, 7) is 0. The fourth-order valence-corrected chi connectivity index (χ4v) is 2.54. The van der Waals surface area contributed by atoms with Crippen LogP contribution in [0.3, 0.4) is 0 Å². The van der Waals surface area contributed by atoms with Crippen LogP contribution < -0.4 is 5.73 Å². The second-order valence-electron chi connectivity index (χ2n) is 2.07. The van der Waals surface area contributed by atoms with Gasteiger partial charge in [-0.15, -0.1) is 0 Å². The minimum atomic E-state index is -1.61. The van der Waals surface area contributed by atoms with Crippen molar-refractivity contribution in [1.29, 1.82) is 0 Å². The van der Waals surface area contributed by atoms with Crippen molar-refractivity contribution in [3.05, 3.63) is 0 Å². The molecule has 0 amide bonds. The quantitative estimate of drug-likeness (QED) is 0.388. The SMILES string of the molecule is N[C@@H](CS[S+]([O-])CC(=O)O)C(=O)O. The molecular weight excluding hydrogens is 218 g/mol. The van der Waals surface area contributed by atoms with Crippen LogP contribution in [0.15, 0.2) is 0 Å². The molecule has 0 aromatic carbocycles. The molecule has 76 valence electrons. The minimum absolute atomic E-state index is 0.0603. The van der Waals surface area contributed by atoms with Crippen molar-refractivity contribution in [2.45, 2.75) is 6.04 Å². The highest BCUT2D eigenvalue weighted by Gasteiger charge is 2.19. The Hall–Kier alpha value is -0.440. The van der Waals surface area contributed by atoms with E-state index in [4.69, 9.17) is 15.9 Å². The summed E-state index contributed by atoms with van der Waals surface area (Å²) in [6, 6.07) is -1.11. The van der Waals surface area contributed by atoms with Gasteiger partial charge in [-0.3, -0.25) is 4.79 Å². The van der Waals surface area contributed by atoms with Crippen molar-refractivity contribution >= 4 is 32.9 Å². The topological polar surface area (TPSA) is 124 Å². The predicted octanol–water partition coefficient (Wildman–Crippen LogP) is -1.12. The van der Waals surface area contributed by atoms with E-state index < -0.39 is 33.9 Å². The number of carbonyl (C=O) groups is 2. The fourth-order valence-electron chi connectivity index (χ4n) is 0.363. The molecule has 0 spiro atoms. The number of carboxylic acid groups (broad SMARTS) is 2. The van der Waals surface area contributed by atoms with E-state index in [1.165, 1.54) is 0 Å². The van der Waals surface area contributed by atoms with Gasteiger partial charge in [-0.05, 0) is 0 Å². The van der Waals surface area contributed by atoms with Gasteiger partial charge in [-0.25, -0.2) is 4.79 Å². The monoisotopic (exact) mass is 227 g/mol. The maximum atomic E-state index is 10.8. The molecule has 0 fully saturated rings. The molecule has 0 saturated heterocycles. The van der Waals surface area contributed by atoms with E-state index in [2.05, 4.69) is 0 Å². The average Bonchev–Trinajstić information content (AvgIpc) is 1.98. The predicted molar refractivity (Wildman–Crippen MR) is 48.7 cm³/mol. The molecule has 0 aromatic rings. The lowest BCUT2D eigenvalue weighted by Gasteiger charge is -2.07. The van der Waals surface area contributed by atoms with Crippen molar-refractivity contribution in [3.63, 3.8) is 0 Å². The smallest absolute Gasteiger partial charge is 0.355 e. The second-order valence-corrected chi connectivity index (χ2v) is 5.36. The number of hydrogen-bond donors (Lipinski definition) is 3. The summed E-state index contributed by atoms with van der Waals surface area (Å²) in [7, 11) is -0.887. The third-order valence-electron chi connectivity index (χ3n) is 0.938. The van der Waals surface area contributed by atoms with Crippen LogP contribution in [-0.4, -0.2) is 44.3 Å². The van der Waals surface area contributed by atoms with Gasteiger partial charge in [0.1, 0.15) is 6.04 Å². The number of aliphatic carboxylic acids is 2. The first-order valence-electron chi connectivity index (χ1n) is 3.15. The van der Waals surface area contributed by atoms with Crippen LogP contribution in [0.2, 0.25) is 0 Å². The summed E-state index contributed by atoms with van der Waals surface area (Å²) < 4.78 is 10.8. The van der Waals surface area contributed by atoms with Crippen LogP contribution in [-0.2, 0) is 19.8 Å². The Balaban J connectivity index is 3.63. The van der Waals surface area contributed by atoms with Crippen molar-refractivity contribution < 1.29 is 24.4 Å².